The molecule has 7 atom stereocenters. The maximum Gasteiger partial charge on any atom is 0.359 e. The van der Waals surface area contributed by atoms with Crippen molar-refractivity contribution >= 4 is 18.6 Å². The molecule has 11 nitrogen and oxygen atoms in total. The molecular weight excluding hydrogens is 448 g/mol. The highest BCUT2D eigenvalue weighted by Gasteiger charge is 2.50. The highest BCUT2D eigenvalue weighted by molar-refractivity contribution is 7.54. The topological polar surface area (TPSA) is 167 Å². The number of fused-ring (bicyclic) bond motifs is 1. The van der Waals surface area contributed by atoms with Crippen LogP contribution in [0.25, 0.3) is 11.0 Å². The monoisotopic (exact) mass is 477 g/mol. The quantitative estimate of drug-likeness (QED) is 0.353. The molecule has 2 aromatic heterocycles. The van der Waals surface area contributed by atoms with Crippen molar-refractivity contribution in [3.63, 3.8) is 0 Å². The number of aliphatic hydroxyl groups is 3. The van der Waals surface area contributed by atoms with Gasteiger partial charge in [-0.1, -0.05) is 13.8 Å². The van der Waals surface area contributed by atoms with E-state index >= 15 is 0 Å². The van der Waals surface area contributed by atoms with E-state index in [-0.39, 0.29) is 30.3 Å². The Morgan fingerprint density at radius 2 is 1.97 bits per heavy atom. The zero-order valence-corrected chi connectivity index (χ0v) is 19.1. The van der Waals surface area contributed by atoms with Gasteiger partial charge < -0.3 is 34.5 Å². The Balaban J connectivity index is 1.86. The molecule has 4 unspecified atom stereocenters. The molecule has 1 saturated heterocycles. The lowest BCUT2D eigenvalue weighted by atomic mass is 9.93. The maximum absolute atomic E-state index is 13.9. The summed E-state index contributed by atoms with van der Waals surface area (Å²) in [6.07, 6.45) is -3.27. The fraction of sp³-hybridized carbons (Fsp3) is 0.684. The second-order valence-corrected chi connectivity index (χ2v) is 10.8. The van der Waals surface area contributed by atoms with E-state index in [2.05, 4.69) is 9.97 Å². The number of hydrogen-bond acceptors (Lipinski definition) is 8. The predicted octanol–water partition coefficient (Wildman–Crippen LogP) is 1.36. The first-order valence-corrected chi connectivity index (χ1v) is 11.9. The van der Waals surface area contributed by atoms with Gasteiger partial charge in [0, 0.05) is 18.8 Å². The molecule has 180 valence electrons. The number of ether oxygens (including phenoxy) is 1. The smallest absolute Gasteiger partial charge is 0.359 e. The van der Waals surface area contributed by atoms with Crippen molar-refractivity contribution in [1.29, 1.82) is 0 Å². The van der Waals surface area contributed by atoms with Crippen molar-refractivity contribution in [2.75, 3.05) is 0 Å². The number of aliphatic hydroxyl groups excluding tert-OH is 2. The van der Waals surface area contributed by atoms with Gasteiger partial charge in [-0.05, 0) is 26.7 Å². The summed E-state index contributed by atoms with van der Waals surface area (Å²) in [5.74, 6) is -0.653. The van der Waals surface area contributed by atoms with Crippen LogP contribution in [0.2, 0.25) is 0 Å². The van der Waals surface area contributed by atoms with Gasteiger partial charge >= 0.3 is 13.3 Å². The van der Waals surface area contributed by atoms with E-state index in [1.54, 1.807) is 6.92 Å². The number of aromatic amines is 1. The molecule has 13 heteroatoms. The van der Waals surface area contributed by atoms with E-state index in [4.69, 9.17) is 9.26 Å². The molecule has 1 aliphatic rings. The first-order valence-electron chi connectivity index (χ1n) is 10.3. The fourth-order valence-corrected chi connectivity index (χ4v) is 4.94. The number of nitrogens with zero attached hydrogens (tertiary/aromatic N) is 2. The molecule has 5 N–H and O–H groups in total. The molecule has 0 aliphatic carbocycles. The highest BCUT2D eigenvalue weighted by atomic mass is 31.2. The third-order valence-electron chi connectivity index (χ3n) is 6.16. The van der Waals surface area contributed by atoms with Gasteiger partial charge in [0.15, 0.2) is 17.4 Å². The summed E-state index contributed by atoms with van der Waals surface area (Å²) < 4.78 is 38.6. The van der Waals surface area contributed by atoms with Crippen molar-refractivity contribution in [3.8, 4) is 0 Å². The van der Waals surface area contributed by atoms with E-state index in [9.17, 15) is 34.0 Å². The predicted molar refractivity (Wildman–Crippen MR) is 111 cm³/mol. The van der Waals surface area contributed by atoms with Crippen molar-refractivity contribution in [3.05, 3.63) is 28.7 Å². The molecule has 2 aromatic rings. The minimum absolute atomic E-state index is 0.00286. The Morgan fingerprint density at radius 3 is 2.56 bits per heavy atom. The molecule has 0 radical (unpaired) electrons. The van der Waals surface area contributed by atoms with E-state index in [0.29, 0.717) is 0 Å². The highest BCUT2D eigenvalue weighted by Crippen LogP contribution is 2.59. The molecular formula is C19H29FN3O8P. The molecule has 0 bridgehead atoms. The first kappa shape index (κ1) is 25.0. The van der Waals surface area contributed by atoms with Gasteiger partial charge in [0.25, 0.3) is 0 Å². The molecule has 1 aliphatic heterocycles. The summed E-state index contributed by atoms with van der Waals surface area (Å²) in [6.45, 7) is 5.94. The summed E-state index contributed by atoms with van der Waals surface area (Å²) in [5, 5.41) is 29.3. The number of hydrogen-bond donors (Lipinski definition) is 5. The van der Waals surface area contributed by atoms with E-state index in [1.807, 2.05) is 0 Å². The maximum atomic E-state index is 13.9. The van der Waals surface area contributed by atoms with Crippen LogP contribution in [0.1, 0.15) is 53.2 Å². The van der Waals surface area contributed by atoms with Crippen LogP contribution < -0.4 is 5.69 Å². The standard InChI is InChI=1S/C19H29FN3O8P/c1-5-18(3,31-32(28,29)19(4,27)6-2)7-12-13(24)14(25)16(30-12)23-9-10-11(20)8-21-15(10)22-17(23)26/h8-9,12-14,16,24-25,27H,5-7H2,1-4H3,(H,28,29)(H,21,22,26)/t12-,13?,14+,16-,18?,19?/m1/s1. The Hall–Kier alpha value is -1.66. The largest absolute Gasteiger partial charge is 0.388 e. The van der Waals surface area contributed by atoms with E-state index in [0.717, 1.165) is 17.0 Å². The summed E-state index contributed by atoms with van der Waals surface area (Å²) in [4.78, 5) is 28.9. The van der Waals surface area contributed by atoms with Crippen molar-refractivity contribution in [2.45, 2.75) is 82.4 Å². The number of H-pyrrole nitrogens is 1. The van der Waals surface area contributed by atoms with Gasteiger partial charge in [0.2, 0.25) is 0 Å². The lowest BCUT2D eigenvalue weighted by Gasteiger charge is -2.37. The van der Waals surface area contributed by atoms with Gasteiger partial charge in [-0.25, -0.2) is 9.18 Å². The third-order valence-corrected chi connectivity index (χ3v) is 8.38. The van der Waals surface area contributed by atoms with Gasteiger partial charge in [-0.3, -0.25) is 9.13 Å². The summed E-state index contributed by atoms with van der Waals surface area (Å²) in [7, 11) is -4.49. The van der Waals surface area contributed by atoms with E-state index < -0.39 is 54.6 Å². The first-order chi connectivity index (χ1) is 14.7. The Bertz CT molecular complexity index is 1090. The normalized spacial score (nSPS) is 29.5. The molecule has 0 amide bonds. The van der Waals surface area contributed by atoms with Gasteiger partial charge in [-0.15, -0.1) is 0 Å². The Kier molecular flexibility index (Phi) is 6.71. The molecule has 1 fully saturated rings. The lowest BCUT2D eigenvalue weighted by Crippen LogP contribution is -2.40. The SMILES string of the molecule is CCC(C)(C[C@H]1O[C@@H](n2cc3c(F)c[nH]c3nc2=O)[C@@H](O)C1O)OP(=O)(O)C(C)(O)CC. The van der Waals surface area contributed by atoms with Crippen LogP contribution in [0, 0.1) is 5.82 Å². The lowest BCUT2D eigenvalue weighted by molar-refractivity contribution is -0.0712. The molecule has 3 heterocycles. The third kappa shape index (κ3) is 4.41. The summed E-state index contributed by atoms with van der Waals surface area (Å²) in [6, 6.07) is 0. The Labute approximate surface area is 183 Å². The van der Waals surface area contributed by atoms with Crippen LogP contribution >= 0.6 is 7.60 Å². The number of halogens is 1. The second kappa shape index (κ2) is 8.60. The summed E-state index contributed by atoms with van der Waals surface area (Å²) in [5.41, 5.74) is -2.12. The van der Waals surface area contributed by atoms with Gasteiger partial charge in [0.1, 0.15) is 17.9 Å². The Morgan fingerprint density at radius 1 is 1.31 bits per heavy atom. The molecule has 0 saturated carbocycles. The molecule has 0 spiro atoms. The van der Waals surface area contributed by atoms with Crippen LogP contribution in [-0.4, -0.2) is 64.0 Å². The number of aromatic nitrogens is 3. The minimum atomic E-state index is -4.49. The average Bonchev–Trinajstić information content (AvgIpc) is 3.20. The minimum Gasteiger partial charge on any atom is -0.388 e. The fourth-order valence-electron chi connectivity index (χ4n) is 3.54. The van der Waals surface area contributed by atoms with Crippen molar-refractivity contribution in [1.82, 2.24) is 14.5 Å². The molecule has 0 aromatic carbocycles. The molecule has 3 rings (SSSR count). The number of rotatable bonds is 8. The number of nitrogens with one attached hydrogen (secondary N) is 1. The summed E-state index contributed by atoms with van der Waals surface area (Å²) >= 11 is 0. The molecule has 32 heavy (non-hydrogen) atoms. The van der Waals surface area contributed by atoms with Crippen LogP contribution in [0.15, 0.2) is 17.2 Å². The van der Waals surface area contributed by atoms with E-state index in [1.165, 1.54) is 20.8 Å². The van der Waals surface area contributed by atoms with Crippen LogP contribution in [0.4, 0.5) is 4.39 Å². The second-order valence-electron chi connectivity index (χ2n) is 8.57. The van der Waals surface area contributed by atoms with Crippen molar-refractivity contribution in [2.24, 2.45) is 0 Å². The average molecular weight is 477 g/mol. The van der Waals surface area contributed by atoms with Crippen LogP contribution in [-0.2, 0) is 13.8 Å². The van der Waals surface area contributed by atoms with Gasteiger partial charge in [-0.2, -0.15) is 4.98 Å². The zero-order chi connectivity index (χ0) is 24.1. The zero-order valence-electron chi connectivity index (χ0n) is 18.2. The van der Waals surface area contributed by atoms with Crippen LogP contribution in [0.3, 0.4) is 0 Å². The van der Waals surface area contributed by atoms with Crippen LogP contribution in [0.5, 0.6) is 0 Å². The van der Waals surface area contributed by atoms with Crippen molar-refractivity contribution < 1.29 is 38.4 Å². The van der Waals surface area contributed by atoms with Gasteiger partial charge in [0.05, 0.1) is 17.1 Å².